The first-order valence-corrected chi connectivity index (χ1v) is 7.16. The van der Waals surface area contributed by atoms with Crippen LogP contribution in [0, 0.1) is 5.92 Å². The molecule has 0 aromatic rings. The fourth-order valence-electron chi connectivity index (χ4n) is 3.38. The van der Waals surface area contributed by atoms with E-state index in [1.165, 1.54) is 64.3 Å². The predicted octanol–water partition coefficient (Wildman–Crippen LogP) is 3.11. The topological polar surface area (TPSA) is 21.3 Å². The largest absolute Gasteiger partial charge is 0.380 e. The third kappa shape index (κ3) is 3.46. The molecule has 0 bridgehead atoms. The Labute approximate surface area is 100 Å². The molecule has 0 aromatic heterocycles. The van der Waals surface area contributed by atoms with E-state index in [4.69, 9.17) is 4.74 Å². The zero-order valence-electron chi connectivity index (χ0n) is 10.7. The summed E-state index contributed by atoms with van der Waals surface area (Å²) in [5.41, 5.74) is 0. The van der Waals surface area contributed by atoms with Crippen LogP contribution < -0.4 is 5.32 Å². The number of ether oxygens (including phenoxy) is 1. The molecule has 0 aromatic carbocycles. The highest BCUT2D eigenvalue weighted by molar-refractivity contribution is 4.82. The summed E-state index contributed by atoms with van der Waals surface area (Å²) in [4.78, 5) is 0. The van der Waals surface area contributed by atoms with Gasteiger partial charge in [0.25, 0.3) is 0 Å². The van der Waals surface area contributed by atoms with Gasteiger partial charge in [0.1, 0.15) is 0 Å². The minimum Gasteiger partial charge on any atom is -0.380 e. The molecule has 0 amide bonds. The lowest BCUT2D eigenvalue weighted by atomic mass is 9.92. The van der Waals surface area contributed by atoms with E-state index in [0.29, 0.717) is 12.1 Å². The van der Waals surface area contributed by atoms with Gasteiger partial charge in [-0.25, -0.2) is 0 Å². The average molecular weight is 225 g/mol. The van der Waals surface area contributed by atoms with E-state index in [-0.39, 0.29) is 0 Å². The van der Waals surface area contributed by atoms with Gasteiger partial charge < -0.3 is 10.1 Å². The Morgan fingerprint density at radius 1 is 1.00 bits per heavy atom. The second-order valence-electron chi connectivity index (χ2n) is 5.56. The van der Waals surface area contributed by atoms with E-state index in [0.717, 1.165) is 5.92 Å². The summed E-state index contributed by atoms with van der Waals surface area (Å²) in [6.45, 7) is 1.20. The lowest BCUT2D eigenvalue weighted by Gasteiger charge is -2.31. The minimum atomic E-state index is 0.470. The smallest absolute Gasteiger partial charge is 0.0724 e. The van der Waals surface area contributed by atoms with Crippen LogP contribution in [0.15, 0.2) is 0 Å². The van der Waals surface area contributed by atoms with Gasteiger partial charge in [0.15, 0.2) is 0 Å². The van der Waals surface area contributed by atoms with Crippen LogP contribution >= 0.6 is 0 Å². The molecule has 1 N–H and O–H groups in total. The highest BCUT2D eigenvalue weighted by Gasteiger charge is 2.24. The maximum Gasteiger partial charge on any atom is 0.0724 e. The first kappa shape index (κ1) is 12.4. The van der Waals surface area contributed by atoms with E-state index in [1.54, 1.807) is 0 Å². The maximum absolute atomic E-state index is 5.56. The molecule has 0 aliphatic heterocycles. The number of nitrogens with one attached hydrogen (secondary N) is 1. The quantitative estimate of drug-likeness (QED) is 0.776. The molecule has 0 spiro atoms. The molecular weight excluding hydrogens is 198 g/mol. The van der Waals surface area contributed by atoms with Gasteiger partial charge in [-0.3, -0.25) is 0 Å². The van der Waals surface area contributed by atoms with Gasteiger partial charge >= 0.3 is 0 Å². The molecule has 2 heteroatoms. The third-order valence-electron chi connectivity index (χ3n) is 4.44. The highest BCUT2D eigenvalue weighted by atomic mass is 16.5. The zero-order chi connectivity index (χ0) is 11.2. The molecular formula is C14H27NO. The number of hydrogen-bond acceptors (Lipinski definition) is 2. The van der Waals surface area contributed by atoms with Gasteiger partial charge in [-0.2, -0.15) is 0 Å². The average Bonchev–Trinajstić information content (AvgIpc) is 2.83. The number of methoxy groups -OCH3 is 1. The molecule has 16 heavy (non-hydrogen) atoms. The van der Waals surface area contributed by atoms with E-state index in [9.17, 15) is 0 Å². The summed E-state index contributed by atoms with van der Waals surface area (Å²) >= 11 is 0. The van der Waals surface area contributed by atoms with Gasteiger partial charge in [-0.15, -0.1) is 0 Å². The molecule has 2 nitrogen and oxygen atoms in total. The Balaban J connectivity index is 1.63. The molecule has 0 heterocycles. The Morgan fingerprint density at radius 2 is 1.69 bits per heavy atom. The van der Waals surface area contributed by atoms with Gasteiger partial charge in [0.2, 0.25) is 0 Å². The summed E-state index contributed by atoms with van der Waals surface area (Å²) in [7, 11) is 1.86. The van der Waals surface area contributed by atoms with Crippen LogP contribution in [-0.4, -0.2) is 25.8 Å². The number of rotatable bonds is 5. The van der Waals surface area contributed by atoms with Crippen molar-refractivity contribution in [2.75, 3.05) is 13.7 Å². The van der Waals surface area contributed by atoms with E-state index >= 15 is 0 Å². The van der Waals surface area contributed by atoms with Crippen molar-refractivity contribution in [2.45, 2.75) is 69.9 Å². The second-order valence-corrected chi connectivity index (χ2v) is 5.56. The number of hydrogen-bond donors (Lipinski definition) is 1. The highest BCUT2D eigenvalue weighted by Crippen LogP contribution is 2.27. The monoisotopic (exact) mass is 225 g/mol. The molecule has 2 aliphatic rings. The van der Waals surface area contributed by atoms with Crippen LogP contribution in [0.3, 0.4) is 0 Å². The summed E-state index contributed by atoms with van der Waals surface area (Å²) in [6, 6.07) is 0.625. The minimum absolute atomic E-state index is 0.470. The lowest BCUT2D eigenvalue weighted by molar-refractivity contribution is 0.0415. The Bertz CT molecular complexity index is 189. The van der Waals surface area contributed by atoms with Crippen molar-refractivity contribution in [1.82, 2.24) is 5.32 Å². The Hall–Kier alpha value is -0.0800. The van der Waals surface area contributed by atoms with Crippen molar-refractivity contribution in [3.05, 3.63) is 0 Å². The van der Waals surface area contributed by atoms with E-state index in [1.807, 2.05) is 7.11 Å². The predicted molar refractivity (Wildman–Crippen MR) is 67.6 cm³/mol. The molecule has 2 saturated carbocycles. The van der Waals surface area contributed by atoms with E-state index < -0.39 is 0 Å². The molecule has 0 saturated heterocycles. The fourth-order valence-corrected chi connectivity index (χ4v) is 3.38. The maximum atomic E-state index is 5.56. The third-order valence-corrected chi connectivity index (χ3v) is 4.44. The Morgan fingerprint density at radius 3 is 2.44 bits per heavy atom. The SMILES string of the molecule is COC1CCCCC1NCCC1CCCC1. The van der Waals surface area contributed by atoms with Crippen LogP contribution in [0.4, 0.5) is 0 Å². The summed E-state index contributed by atoms with van der Waals surface area (Å²) in [5, 5.41) is 3.72. The first-order valence-electron chi connectivity index (χ1n) is 7.16. The first-order chi connectivity index (χ1) is 7.90. The Kier molecular flexibility index (Phi) is 5.11. The van der Waals surface area contributed by atoms with Gasteiger partial charge in [-0.05, 0) is 31.7 Å². The molecule has 2 rings (SSSR count). The van der Waals surface area contributed by atoms with Gasteiger partial charge in [0, 0.05) is 13.2 Å². The van der Waals surface area contributed by atoms with Crippen LogP contribution in [0.5, 0.6) is 0 Å². The van der Waals surface area contributed by atoms with Crippen LogP contribution in [0.25, 0.3) is 0 Å². The summed E-state index contributed by atoms with van der Waals surface area (Å²) in [6.07, 6.45) is 13.0. The van der Waals surface area contributed by atoms with Gasteiger partial charge in [-0.1, -0.05) is 38.5 Å². The molecule has 0 radical (unpaired) electrons. The van der Waals surface area contributed by atoms with Crippen molar-refractivity contribution in [1.29, 1.82) is 0 Å². The van der Waals surface area contributed by atoms with Crippen molar-refractivity contribution < 1.29 is 4.74 Å². The molecule has 2 aliphatic carbocycles. The lowest BCUT2D eigenvalue weighted by Crippen LogP contribution is -2.43. The van der Waals surface area contributed by atoms with Crippen molar-refractivity contribution in [2.24, 2.45) is 5.92 Å². The fraction of sp³-hybridized carbons (Fsp3) is 1.00. The molecule has 94 valence electrons. The standard InChI is InChI=1S/C14H27NO/c1-16-14-9-5-4-8-13(14)15-11-10-12-6-2-3-7-12/h12-15H,2-11H2,1H3. The van der Waals surface area contributed by atoms with Crippen molar-refractivity contribution >= 4 is 0 Å². The van der Waals surface area contributed by atoms with Crippen molar-refractivity contribution in [3.8, 4) is 0 Å². The van der Waals surface area contributed by atoms with Crippen LogP contribution in [0.2, 0.25) is 0 Å². The summed E-state index contributed by atoms with van der Waals surface area (Å²) < 4.78 is 5.56. The van der Waals surface area contributed by atoms with Crippen LogP contribution in [0.1, 0.15) is 57.8 Å². The van der Waals surface area contributed by atoms with Gasteiger partial charge in [0.05, 0.1) is 6.10 Å². The van der Waals surface area contributed by atoms with Crippen molar-refractivity contribution in [3.63, 3.8) is 0 Å². The normalized spacial score (nSPS) is 32.1. The second kappa shape index (κ2) is 6.61. The van der Waals surface area contributed by atoms with Crippen LogP contribution in [-0.2, 0) is 4.74 Å². The molecule has 2 atom stereocenters. The van der Waals surface area contributed by atoms with E-state index in [2.05, 4.69) is 5.32 Å². The summed E-state index contributed by atoms with van der Waals surface area (Å²) in [5.74, 6) is 1.01. The zero-order valence-corrected chi connectivity index (χ0v) is 10.7. The molecule has 2 unspecified atom stereocenters. The molecule has 2 fully saturated rings.